The Bertz CT molecular complexity index is 1330. The number of benzene rings is 1. The van der Waals surface area contributed by atoms with Crippen molar-refractivity contribution in [1.82, 2.24) is 26.6 Å². The van der Waals surface area contributed by atoms with Crippen molar-refractivity contribution in [1.29, 1.82) is 0 Å². The van der Waals surface area contributed by atoms with Gasteiger partial charge < -0.3 is 41.5 Å². The van der Waals surface area contributed by atoms with Crippen LogP contribution in [0.25, 0.3) is 0 Å². The summed E-state index contributed by atoms with van der Waals surface area (Å²) in [4.78, 5) is 77.5. The van der Waals surface area contributed by atoms with Crippen molar-refractivity contribution in [3.8, 4) is 0 Å². The summed E-state index contributed by atoms with van der Waals surface area (Å²) in [6.45, 7) is 3.44. The van der Waals surface area contributed by atoms with E-state index in [0.717, 1.165) is 57.8 Å². The number of rotatable bonds is 19. The van der Waals surface area contributed by atoms with E-state index in [0.29, 0.717) is 18.4 Å². The van der Waals surface area contributed by atoms with Gasteiger partial charge >= 0.3 is 12.1 Å². The Balaban J connectivity index is 1.38. The van der Waals surface area contributed by atoms with E-state index >= 15 is 0 Å². The maximum Gasteiger partial charge on any atom is 0.407 e. The number of aliphatic carboxylic acids is 1. The number of carboxylic acids is 1. The van der Waals surface area contributed by atoms with Gasteiger partial charge in [-0.25, -0.2) is 9.59 Å². The average molecular weight is 700 g/mol. The number of carbonyl (C=O) groups is 6. The van der Waals surface area contributed by atoms with Crippen LogP contribution >= 0.6 is 0 Å². The Kier molecular flexibility index (Phi) is 14.4. The molecule has 5 amide bonds. The van der Waals surface area contributed by atoms with E-state index in [1.165, 1.54) is 0 Å². The zero-order chi connectivity index (χ0) is 36.2. The third kappa shape index (κ3) is 12.6. The van der Waals surface area contributed by atoms with E-state index in [1.807, 2.05) is 13.8 Å². The lowest BCUT2D eigenvalue weighted by Crippen LogP contribution is -2.59. The SMILES string of the molecule is CC(C)COC(=O)N[C@H](C(=O)N[C@@H](CC1CC1)C(=O)N[C@@H](CC1CC1)[C@@H](O)C(=O)NCC(=O)N[C@H](C(=O)O)c1ccccc1)C1CCCCC1. The lowest BCUT2D eigenvalue weighted by molar-refractivity contribution is -0.142. The van der Waals surface area contributed by atoms with E-state index in [2.05, 4.69) is 26.6 Å². The van der Waals surface area contributed by atoms with Gasteiger partial charge in [-0.15, -0.1) is 0 Å². The summed E-state index contributed by atoms with van der Waals surface area (Å²) < 4.78 is 5.30. The van der Waals surface area contributed by atoms with Crippen molar-refractivity contribution in [2.75, 3.05) is 13.2 Å². The quantitative estimate of drug-likeness (QED) is 0.113. The third-order valence-corrected chi connectivity index (χ3v) is 9.49. The van der Waals surface area contributed by atoms with E-state index in [4.69, 9.17) is 4.74 Å². The number of aliphatic hydroxyl groups is 1. The van der Waals surface area contributed by atoms with Gasteiger partial charge in [0.05, 0.1) is 19.2 Å². The molecule has 4 rings (SSSR count). The second-order valence-electron chi connectivity index (χ2n) is 14.5. The highest BCUT2D eigenvalue weighted by Crippen LogP contribution is 2.35. The second-order valence-corrected chi connectivity index (χ2v) is 14.5. The van der Waals surface area contributed by atoms with E-state index in [9.17, 15) is 39.0 Å². The third-order valence-electron chi connectivity index (χ3n) is 9.49. The topological polar surface area (TPSA) is 212 Å². The number of ether oxygens (including phenoxy) is 1. The first-order valence-electron chi connectivity index (χ1n) is 18.0. The predicted molar refractivity (Wildman–Crippen MR) is 182 cm³/mol. The lowest BCUT2D eigenvalue weighted by Gasteiger charge is -2.32. The molecule has 14 nitrogen and oxygen atoms in total. The average Bonchev–Trinajstić information content (AvgIpc) is 4.04. The van der Waals surface area contributed by atoms with Gasteiger partial charge in [0.25, 0.3) is 5.91 Å². The number of amides is 5. The molecule has 0 saturated heterocycles. The molecular formula is C36H53N5O9. The molecule has 3 fully saturated rings. The summed E-state index contributed by atoms with van der Waals surface area (Å²) in [5.74, 6) is -3.52. The Morgan fingerprint density at radius 2 is 1.42 bits per heavy atom. The summed E-state index contributed by atoms with van der Waals surface area (Å²) in [5, 5.41) is 33.8. The number of nitrogens with one attached hydrogen (secondary N) is 5. The molecule has 276 valence electrons. The maximum absolute atomic E-state index is 13.8. The molecule has 1 aromatic carbocycles. The highest BCUT2D eigenvalue weighted by Gasteiger charge is 2.39. The molecule has 0 aliphatic heterocycles. The molecule has 5 atom stereocenters. The van der Waals surface area contributed by atoms with Crippen LogP contribution in [0.5, 0.6) is 0 Å². The molecule has 50 heavy (non-hydrogen) atoms. The van der Waals surface area contributed by atoms with Crippen molar-refractivity contribution in [3.05, 3.63) is 35.9 Å². The predicted octanol–water partition coefficient (Wildman–Crippen LogP) is 2.31. The van der Waals surface area contributed by atoms with Crippen molar-refractivity contribution in [3.63, 3.8) is 0 Å². The van der Waals surface area contributed by atoms with Gasteiger partial charge in [0.1, 0.15) is 12.1 Å². The van der Waals surface area contributed by atoms with Gasteiger partial charge in [0.2, 0.25) is 17.7 Å². The zero-order valence-electron chi connectivity index (χ0n) is 29.0. The Morgan fingerprint density at radius 1 is 0.780 bits per heavy atom. The number of hydrogen-bond acceptors (Lipinski definition) is 8. The largest absolute Gasteiger partial charge is 0.479 e. The number of carboxylic acid groups (broad SMARTS) is 1. The molecule has 14 heteroatoms. The van der Waals surface area contributed by atoms with Crippen molar-refractivity contribution >= 4 is 35.7 Å². The summed E-state index contributed by atoms with van der Waals surface area (Å²) in [5.41, 5.74) is 0.353. The normalized spacial score (nSPS) is 19.2. The minimum absolute atomic E-state index is 0.108. The molecule has 0 unspecified atom stereocenters. The van der Waals surface area contributed by atoms with E-state index < -0.39 is 72.5 Å². The van der Waals surface area contributed by atoms with Crippen LogP contribution in [0.1, 0.15) is 96.1 Å². The first kappa shape index (κ1) is 38.6. The molecule has 0 radical (unpaired) electrons. The van der Waals surface area contributed by atoms with Gasteiger partial charge in [-0.3, -0.25) is 19.2 Å². The first-order valence-corrected chi connectivity index (χ1v) is 18.0. The minimum Gasteiger partial charge on any atom is -0.479 e. The lowest BCUT2D eigenvalue weighted by atomic mass is 9.83. The van der Waals surface area contributed by atoms with Gasteiger partial charge in [-0.1, -0.05) is 89.1 Å². The van der Waals surface area contributed by atoms with Gasteiger partial charge in [0.15, 0.2) is 12.1 Å². The molecule has 0 aromatic heterocycles. The van der Waals surface area contributed by atoms with Gasteiger partial charge in [-0.05, 0) is 54.9 Å². The molecule has 0 bridgehead atoms. The molecule has 7 N–H and O–H groups in total. The Hall–Kier alpha value is -4.20. The minimum atomic E-state index is -1.71. The van der Waals surface area contributed by atoms with Crippen LogP contribution in [0.4, 0.5) is 4.79 Å². The van der Waals surface area contributed by atoms with Crippen LogP contribution in [-0.2, 0) is 28.7 Å². The van der Waals surface area contributed by atoms with Gasteiger partial charge in [0, 0.05) is 0 Å². The van der Waals surface area contributed by atoms with Gasteiger partial charge in [-0.2, -0.15) is 0 Å². The Labute approximate surface area is 293 Å². The fourth-order valence-corrected chi connectivity index (χ4v) is 6.32. The summed E-state index contributed by atoms with van der Waals surface area (Å²) in [7, 11) is 0. The highest BCUT2D eigenvalue weighted by molar-refractivity contribution is 5.93. The number of hydrogen-bond donors (Lipinski definition) is 7. The van der Waals surface area contributed by atoms with Crippen molar-refractivity contribution < 1.29 is 43.7 Å². The molecule has 3 aliphatic rings. The molecule has 1 aromatic rings. The van der Waals surface area contributed by atoms with Crippen LogP contribution in [0.15, 0.2) is 30.3 Å². The van der Waals surface area contributed by atoms with Crippen LogP contribution in [0.2, 0.25) is 0 Å². The van der Waals surface area contributed by atoms with Crippen LogP contribution in [-0.4, -0.2) is 83.3 Å². The molecular weight excluding hydrogens is 646 g/mol. The fourth-order valence-electron chi connectivity index (χ4n) is 6.32. The standard InChI is InChI=1S/C36H53N5O9/c1-21(2)20-50-36(49)41-29(24-9-5-3-6-10-24)33(45)39-27(18-23-15-16-23)32(44)38-26(17-22-13-14-22)31(43)34(46)37-19-28(42)40-30(35(47)48)25-11-7-4-8-12-25/h4,7-8,11-12,21-24,26-27,29-31,43H,3,5-6,9-10,13-20H2,1-2H3,(H,37,46)(H,38,44)(H,39,45)(H,40,42)(H,41,49)(H,47,48)/t26-,27-,29-,30-,31+/m0/s1. The number of aliphatic hydroxyl groups excluding tert-OH is 1. The van der Waals surface area contributed by atoms with Crippen molar-refractivity contribution in [2.24, 2.45) is 23.7 Å². The highest BCUT2D eigenvalue weighted by atomic mass is 16.5. The summed E-state index contributed by atoms with van der Waals surface area (Å²) in [6.07, 6.45) is 6.32. The van der Waals surface area contributed by atoms with E-state index in [-0.39, 0.29) is 30.3 Å². The second kappa shape index (κ2) is 18.7. The molecule has 3 saturated carbocycles. The smallest absolute Gasteiger partial charge is 0.407 e. The summed E-state index contributed by atoms with van der Waals surface area (Å²) in [6, 6.07) is 3.95. The van der Waals surface area contributed by atoms with Crippen LogP contribution < -0.4 is 26.6 Å². The van der Waals surface area contributed by atoms with Crippen LogP contribution in [0, 0.1) is 23.7 Å². The first-order chi connectivity index (χ1) is 23.9. The Morgan fingerprint density at radius 3 is 2.02 bits per heavy atom. The molecule has 0 spiro atoms. The fraction of sp³-hybridized carbons (Fsp3) is 0.667. The van der Waals surface area contributed by atoms with E-state index in [1.54, 1.807) is 30.3 Å². The summed E-state index contributed by atoms with van der Waals surface area (Å²) >= 11 is 0. The van der Waals surface area contributed by atoms with Crippen molar-refractivity contribution in [2.45, 2.75) is 115 Å². The maximum atomic E-state index is 13.8. The van der Waals surface area contributed by atoms with Crippen LogP contribution in [0.3, 0.4) is 0 Å². The monoisotopic (exact) mass is 699 g/mol. The zero-order valence-corrected chi connectivity index (χ0v) is 29.0. The number of carbonyl (C=O) groups excluding carboxylic acids is 5. The number of alkyl carbamates (subject to hydrolysis) is 1. The molecule has 0 heterocycles. The molecule has 3 aliphatic carbocycles.